The SMILES string of the molecule is COC(=O)NC1CCC(Nc2cc(-c3ccc4cc(C#N)cnn34)ncc2C(O)NCC#N)CC1. The quantitative estimate of drug-likeness (QED) is 0.298. The maximum atomic E-state index is 11.5. The number of nitrogens with zero attached hydrogens (tertiary/aromatic N) is 5. The Balaban J connectivity index is 1.59. The van der Waals surface area contributed by atoms with Crippen LogP contribution in [0.5, 0.6) is 0 Å². The number of anilines is 1. The lowest BCUT2D eigenvalue weighted by atomic mass is 9.91. The summed E-state index contributed by atoms with van der Waals surface area (Å²) >= 11 is 0. The van der Waals surface area contributed by atoms with E-state index in [1.54, 1.807) is 16.8 Å². The minimum atomic E-state index is -1.07. The molecule has 1 saturated carbocycles. The van der Waals surface area contributed by atoms with Crippen LogP contribution in [0.15, 0.2) is 36.7 Å². The van der Waals surface area contributed by atoms with E-state index in [9.17, 15) is 9.90 Å². The summed E-state index contributed by atoms with van der Waals surface area (Å²) in [5.41, 5.74) is 3.84. The number of carbonyl (C=O) groups excluding carboxylic acids is 1. The first-order valence-electron chi connectivity index (χ1n) is 11.3. The third-order valence-corrected chi connectivity index (χ3v) is 6.09. The second-order valence-electron chi connectivity index (χ2n) is 8.34. The van der Waals surface area contributed by atoms with Crippen LogP contribution in [0.1, 0.15) is 43.0 Å². The minimum absolute atomic E-state index is 0.0127. The number of hydrogen-bond donors (Lipinski definition) is 4. The number of aliphatic hydroxyl groups is 1. The topological polar surface area (TPSA) is 160 Å². The third-order valence-electron chi connectivity index (χ3n) is 6.09. The van der Waals surface area contributed by atoms with Crippen LogP contribution in [-0.2, 0) is 4.74 Å². The van der Waals surface area contributed by atoms with E-state index in [2.05, 4.69) is 36.8 Å². The summed E-state index contributed by atoms with van der Waals surface area (Å²) in [5, 5.41) is 42.1. The highest BCUT2D eigenvalue weighted by Crippen LogP contribution is 2.30. The molecule has 0 bridgehead atoms. The Kier molecular flexibility index (Phi) is 7.41. The molecule has 35 heavy (non-hydrogen) atoms. The number of nitriles is 2. The van der Waals surface area contributed by atoms with Gasteiger partial charge in [0.2, 0.25) is 0 Å². The zero-order valence-electron chi connectivity index (χ0n) is 19.2. The van der Waals surface area contributed by atoms with Crippen molar-refractivity contribution in [3.05, 3.63) is 47.8 Å². The van der Waals surface area contributed by atoms with Crippen molar-refractivity contribution >= 4 is 17.3 Å². The summed E-state index contributed by atoms with van der Waals surface area (Å²) in [7, 11) is 1.35. The Bertz CT molecular complexity index is 1280. The van der Waals surface area contributed by atoms with Crippen molar-refractivity contribution in [3.63, 3.8) is 0 Å². The first-order chi connectivity index (χ1) is 17.0. The van der Waals surface area contributed by atoms with Crippen molar-refractivity contribution in [2.24, 2.45) is 0 Å². The normalized spacial score (nSPS) is 18.3. The van der Waals surface area contributed by atoms with Crippen LogP contribution < -0.4 is 16.0 Å². The molecule has 1 unspecified atom stereocenters. The number of hydrogen-bond acceptors (Lipinski definition) is 9. The smallest absolute Gasteiger partial charge is 0.407 e. The van der Waals surface area contributed by atoms with E-state index in [1.807, 2.05) is 24.3 Å². The molecule has 1 atom stereocenters. The van der Waals surface area contributed by atoms with E-state index < -0.39 is 12.3 Å². The standard InChI is InChI=1S/C24H26N8O3/c1-35-24(34)31-17-4-2-16(3-5-17)30-20-11-21(28-14-19(20)23(33)27-9-8-25)22-7-6-18-10-15(12-26)13-29-32(18)22/h6-7,10-11,13-14,16-17,23,27,33H,2-5,9H2,1H3,(H,28,30)(H,31,34). The fraction of sp³-hybridized carbons (Fsp3) is 0.375. The number of nitrogens with one attached hydrogen (secondary N) is 3. The number of aliphatic hydroxyl groups excluding tert-OH is 1. The fourth-order valence-electron chi connectivity index (χ4n) is 4.28. The van der Waals surface area contributed by atoms with E-state index >= 15 is 0 Å². The summed E-state index contributed by atoms with van der Waals surface area (Å²) in [5.74, 6) is 0. The zero-order valence-corrected chi connectivity index (χ0v) is 19.2. The molecule has 1 aliphatic rings. The molecule has 1 fully saturated rings. The monoisotopic (exact) mass is 474 g/mol. The van der Waals surface area contributed by atoms with Crippen LogP contribution in [-0.4, -0.2) is 51.5 Å². The highest BCUT2D eigenvalue weighted by molar-refractivity contribution is 5.69. The number of carbonyl (C=O) groups is 1. The van der Waals surface area contributed by atoms with Gasteiger partial charge in [-0.15, -0.1) is 0 Å². The molecule has 3 aromatic heterocycles. The predicted octanol–water partition coefficient (Wildman–Crippen LogP) is 2.45. The Labute approximate surface area is 202 Å². The summed E-state index contributed by atoms with van der Waals surface area (Å²) in [6.07, 6.45) is 4.81. The van der Waals surface area contributed by atoms with Crippen LogP contribution in [0.2, 0.25) is 0 Å². The molecule has 4 N–H and O–H groups in total. The number of pyridine rings is 1. The molecule has 1 aliphatic carbocycles. The number of aromatic nitrogens is 3. The average Bonchev–Trinajstić information content (AvgIpc) is 3.31. The van der Waals surface area contributed by atoms with E-state index in [4.69, 9.17) is 10.5 Å². The van der Waals surface area contributed by atoms with Gasteiger partial charge in [0.15, 0.2) is 0 Å². The van der Waals surface area contributed by atoms with Crippen molar-refractivity contribution in [1.29, 1.82) is 10.5 Å². The van der Waals surface area contributed by atoms with Gasteiger partial charge in [0.1, 0.15) is 12.3 Å². The Hall–Kier alpha value is -4.19. The molecular weight excluding hydrogens is 448 g/mol. The summed E-state index contributed by atoms with van der Waals surface area (Å²) in [6.45, 7) is -0.0127. The molecule has 0 aliphatic heterocycles. The van der Waals surface area contributed by atoms with Crippen molar-refractivity contribution in [2.45, 2.75) is 44.0 Å². The summed E-state index contributed by atoms with van der Waals surface area (Å²) < 4.78 is 6.40. The molecule has 3 heterocycles. The van der Waals surface area contributed by atoms with Gasteiger partial charge in [-0.1, -0.05) is 0 Å². The van der Waals surface area contributed by atoms with E-state index in [1.165, 1.54) is 13.3 Å². The molecule has 1 amide bonds. The first kappa shape index (κ1) is 24.0. The Morgan fingerprint density at radius 2 is 2.00 bits per heavy atom. The second kappa shape index (κ2) is 10.8. The molecule has 0 aromatic carbocycles. The van der Waals surface area contributed by atoms with Gasteiger partial charge in [0, 0.05) is 29.5 Å². The van der Waals surface area contributed by atoms with E-state index in [0.717, 1.165) is 36.9 Å². The van der Waals surface area contributed by atoms with E-state index in [0.29, 0.717) is 22.5 Å². The second-order valence-corrected chi connectivity index (χ2v) is 8.34. The molecule has 3 aromatic rings. The lowest BCUT2D eigenvalue weighted by Crippen LogP contribution is -2.40. The van der Waals surface area contributed by atoms with Crippen LogP contribution in [0.4, 0.5) is 10.5 Å². The molecule has 11 heteroatoms. The summed E-state index contributed by atoms with van der Waals surface area (Å²) in [4.78, 5) is 16.0. The van der Waals surface area contributed by atoms with Crippen molar-refractivity contribution in [2.75, 3.05) is 19.0 Å². The maximum absolute atomic E-state index is 11.5. The van der Waals surface area contributed by atoms with Gasteiger partial charge in [-0.3, -0.25) is 10.3 Å². The largest absolute Gasteiger partial charge is 0.453 e. The lowest BCUT2D eigenvalue weighted by molar-refractivity contribution is 0.144. The van der Waals surface area contributed by atoms with Gasteiger partial charge in [0.25, 0.3) is 0 Å². The van der Waals surface area contributed by atoms with Crippen LogP contribution in [0.3, 0.4) is 0 Å². The molecule has 180 valence electrons. The van der Waals surface area contributed by atoms with Crippen LogP contribution >= 0.6 is 0 Å². The first-order valence-corrected chi connectivity index (χ1v) is 11.3. The van der Waals surface area contributed by atoms with Crippen molar-refractivity contribution in [1.82, 2.24) is 25.2 Å². The minimum Gasteiger partial charge on any atom is -0.453 e. The van der Waals surface area contributed by atoms with Crippen molar-refractivity contribution < 1.29 is 14.6 Å². The van der Waals surface area contributed by atoms with Gasteiger partial charge in [0.05, 0.1) is 48.4 Å². The van der Waals surface area contributed by atoms with Crippen LogP contribution in [0.25, 0.3) is 16.9 Å². The Morgan fingerprint density at radius 1 is 1.23 bits per heavy atom. The van der Waals surface area contributed by atoms with E-state index in [-0.39, 0.29) is 18.6 Å². The molecule has 11 nitrogen and oxygen atoms in total. The maximum Gasteiger partial charge on any atom is 0.407 e. The highest BCUT2D eigenvalue weighted by atomic mass is 16.5. The molecule has 0 saturated heterocycles. The predicted molar refractivity (Wildman–Crippen MR) is 127 cm³/mol. The average molecular weight is 475 g/mol. The Morgan fingerprint density at radius 3 is 2.71 bits per heavy atom. The number of alkyl carbamates (subject to hydrolysis) is 1. The number of methoxy groups -OCH3 is 1. The third kappa shape index (κ3) is 5.49. The van der Waals surface area contributed by atoms with Gasteiger partial charge >= 0.3 is 6.09 Å². The number of fused-ring (bicyclic) bond motifs is 1. The van der Waals surface area contributed by atoms with Crippen molar-refractivity contribution in [3.8, 4) is 23.5 Å². The highest BCUT2D eigenvalue weighted by Gasteiger charge is 2.24. The zero-order chi connectivity index (χ0) is 24.8. The van der Waals surface area contributed by atoms with Gasteiger partial charge in [-0.05, 0) is 49.9 Å². The van der Waals surface area contributed by atoms with Crippen LogP contribution in [0, 0.1) is 22.7 Å². The van der Waals surface area contributed by atoms with Gasteiger partial charge in [-0.2, -0.15) is 15.6 Å². The molecule has 0 spiro atoms. The fourth-order valence-corrected chi connectivity index (χ4v) is 4.28. The lowest BCUT2D eigenvalue weighted by Gasteiger charge is -2.31. The number of ether oxygens (including phenoxy) is 1. The van der Waals surface area contributed by atoms with Gasteiger partial charge in [-0.25, -0.2) is 9.31 Å². The molecule has 0 radical (unpaired) electrons. The van der Waals surface area contributed by atoms with Gasteiger partial charge < -0.3 is 20.5 Å². The number of amides is 1. The number of rotatable bonds is 7. The molecule has 4 rings (SSSR count). The molecular formula is C24H26N8O3. The summed E-state index contributed by atoms with van der Waals surface area (Å²) in [6, 6.07) is 11.6.